The predicted molar refractivity (Wildman–Crippen MR) is 133 cm³/mol. The van der Waals surface area contributed by atoms with Crippen LogP contribution in [0, 0.1) is 0 Å². The van der Waals surface area contributed by atoms with Crippen LogP contribution in [0.2, 0.25) is 5.02 Å². The van der Waals surface area contributed by atoms with Crippen molar-refractivity contribution in [3.8, 4) is 17.2 Å². The zero-order valence-electron chi connectivity index (χ0n) is 18.3. The first kappa shape index (κ1) is 24.9. The molecule has 0 radical (unpaired) electrons. The van der Waals surface area contributed by atoms with Crippen LogP contribution in [0.1, 0.15) is 19.4 Å². The first-order chi connectivity index (χ1) is 15.9. The highest BCUT2D eigenvalue weighted by molar-refractivity contribution is 8.27. The molecule has 1 amide bonds. The van der Waals surface area contributed by atoms with E-state index in [1.165, 1.54) is 23.8 Å². The minimum absolute atomic E-state index is 0.214. The number of benzene rings is 2. The molecule has 1 saturated heterocycles. The summed E-state index contributed by atoms with van der Waals surface area (Å²) in [7, 11) is 1.46. The summed E-state index contributed by atoms with van der Waals surface area (Å²) >= 11 is 13.0. The number of nitrogens with zero attached hydrogens (tertiary/aromatic N) is 1. The monoisotopic (exact) mass is 507 g/mol. The first-order valence-corrected chi connectivity index (χ1v) is 11.6. The van der Waals surface area contributed by atoms with Crippen molar-refractivity contribution in [3.05, 3.63) is 51.9 Å². The smallest absolute Gasteiger partial charge is 0.344 e. The quantitative estimate of drug-likeness (QED) is 0.264. The van der Waals surface area contributed by atoms with Crippen molar-refractivity contribution in [3.63, 3.8) is 0 Å². The summed E-state index contributed by atoms with van der Waals surface area (Å²) < 4.78 is 21.6. The maximum atomic E-state index is 13.1. The topological polar surface area (TPSA) is 74.3 Å². The number of rotatable bonds is 9. The van der Waals surface area contributed by atoms with Crippen LogP contribution in [-0.4, -0.2) is 43.1 Å². The zero-order valence-corrected chi connectivity index (χ0v) is 20.6. The summed E-state index contributed by atoms with van der Waals surface area (Å²) in [6, 6.07) is 10.4. The number of ether oxygens (including phenoxy) is 4. The van der Waals surface area contributed by atoms with Gasteiger partial charge in [0.25, 0.3) is 5.91 Å². The second-order valence-electron chi connectivity index (χ2n) is 6.57. The van der Waals surface area contributed by atoms with Crippen molar-refractivity contribution < 1.29 is 28.5 Å². The van der Waals surface area contributed by atoms with Gasteiger partial charge in [-0.15, -0.1) is 0 Å². The number of esters is 1. The second kappa shape index (κ2) is 11.4. The third-order valence-corrected chi connectivity index (χ3v) is 5.97. The van der Waals surface area contributed by atoms with Gasteiger partial charge in [-0.1, -0.05) is 35.6 Å². The number of thiocarbonyl (C=S) groups is 1. The van der Waals surface area contributed by atoms with Crippen LogP contribution in [0.5, 0.6) is 17.2 Å². The molecule has 0 saturated carbocycles. The number of halogens is 1. The van der Waals surface area contributed by atoms with Gasteiger partial charge in [0.15, 0.2) is 22.4 Å². The van der Waals surface area contributed by atoms with E-state index in [9.17, 15) is 9.59 Å². The molecular formula is C23H22ClNO6S2. The average Bonchev–Trinajstić information content (AvgIpc) is 3.06. The Morgan fingerprint density at radius 1 is 1.15 bits per heavy atom. The zero-order chi connectivity index (χ0) is 24.0. The normalized spacial score (nSPS) is 14.5. The molecule has 0 bridgehead atoms. The molecule has 1 aliphatic heterocycles. The summed E-state index contributed by atoms with van der Waals surface area (Å²) in [5.74, 6) is 0.491. The number of amides is 1. The van der Waals surface area contributed by atoms with Crippen molar-refractivity contribution in [1.29, 1.82) is 0 Å². The van der Waals surface area contributed by atoms with E-state index in [-0.39, 0.29) is 29.9 Å². The van der Waals surface area contributed by atoms with Gasteiger partial charge in [-0.25, -0.2) is 4.79 Å². The maximum absolute atomic E-state index is 13.1. The highest BCUT2D eigenvalue weighted by Gasteiger charge is 2.33. The molecule has 33 heavy (non-hydrogen) atoms. The Balaban J connectivity index is 1.82. The minimum Gasteiger partial charge on any atom is -0.494 e. The Morgan fingerprint density at radius 2 is 1.88 bits per heavy atom. The fourth-order valence-corrected chi connectivity index (χ4v) is 4.57. The molecule has 1 fully saturated rings. The molecule has 0 aromatic heterocycles. The summed E-state index contributed by atoms with van der Waals surface area (Å²) in [6.07, 6.45) is 1.68. The Hall–Kier alpha value is -2.75. The molecule has 2 aromatic rings. The molecule has 174 valence electrons. The van der Waals surface area contributed by atoms with Gasteiger partial charge in [-0.3, -0.25) is 9.69 Å². The summed E-state index contributed by atoms with van der Waals surface area (Å²) in [5, 5.41) is 0.229. The van der Waals surface area contributed by atoms with E-state index in [0.717, 1.165) is 0 Å². The molecule has 1 aliphatic rings. The number of thioether (sulfide) groups is 1. The van der Waals surface area contributed by atoms with Gasteiger partial charge >= 0.3 is 5.97 Å². The van der Waals surface area contributed by atoms with Gasteiger partial charge in [0.2, 0.25) is 0 Å². The number of carbonyl (C=O) groups is 2. The molecule has 2 aromatic carbocycles. The Morgan fingerprint density at radius 3 is 2.52 bits per heavy atom. The second-order valence-corrected chi connectivity index (χ2v) is 8.65. The SMILES string of the molecule is CCOC(=O)COc1c(Cl)cc(/C=C2/SC(=S)N(c3ccc(OCC)cc3)C2=O)cc1OC. The van der Waals surface area contributed by atoms with E-state index in [4.69, 9.17) is 42.8 Å². The van der Waals surface area contributed by atoms with Crippen molar-refractivity contribution in [2.24, 2.45) is 0 Å². The number of methoxy groups -OCH3 is 1. The highest BCUT2D eigenvalue weighted by atomic mass is 35.5. The fraction of sp³-hybridized carbons (Fsp3) is 0.261. The molecule has 0 spiro atoms. The molecule has 0 atom stereocenters. The highest BCUT2D eigenvalue weighted by Crippen LogP contribution is 2.40. The first-order valence-electron chi connectivity index (χ1n) is 10.0. The maximum Gasteiger partial charge on any atom is 0.344 e. The lowest BCUT2D eigenvalue weighted by Crippen LogP contribution is -2.27. The van der Waals surface area contributed by atoms with E-state index in [0.29, 0.717) is 38.6 Å². The third kappa shape index (κ3) is 5.98. The van der Waals surface area contributed by atoms with Crippen molar-refractivity contribution in [1.82, 2.24) is 0 Å². The van der Waals surface area contributed by atoms with Gasteiger partial charge in [-0.05, 0) is 61.9 Å². The van der Waals surface area contributed by atoms with Gasteiger partial charge in [-0.2, -0.15) is 0 Å². The lowest BCUT2D eigenvalue weighted by atomic mass is 10.1. The molecule has 1 heterocycles. The predicted octanol–water partition coefficient (Wildman–Crippen LogP) is 5.10. The van der Waals surface area contributed by atoms with Crippen LogP contribution in [0.4, 0.5) is 5.69 Å². The van der Waals surface area contributed by atoms with Gasteiger partial charge in [0.05, 0.1) is 35.9 Å². The average molecular weight is 508 g/mol. The Kier molecular flexibility index (Phi) is 8.60. The Labute approximate surface area is 206 Å². The van der Waals surface area contributed by atoms with Crippen LogP contribution in [0.25, 0.3) is 6.08 Å². The molecular weight excluding hydrogens is 486 g/mol. The van der Waals surface area contributed by atoms with Crippen LogP contribution in [0.3, 0.4) is 0 Å². The van der Waals surface area contributed by atoms with Gasteiger partial charge < -0.3 is 18.9 Å². The van der Waals surface area contributed by atoms with Crippen LogP contribution >= 0.6 is 35.6 Å². The van der Waals surface area contributed by atoms with E-state index in [1.807, 2.05) is 6.92 Å². The van der Waals surface area contributed by atoms with E-state index >= 15 is 0 Å². The largest absolute Gasteiger partial charge is 0.494 e. The van der Waals surface area contributed by atoms with Crippen LogP contribution in [0.15, 0.2) is 41.3 Å². The molecule has 0 aliphatic carbocycles. The fourth-order valence-electron chi connectivity index (χ4n) is 3.00. The third-order valence-electron chi connectivity index (χ3n) is 4.39. The number of hydrogen-bond acceptors (Lipinski definition) is 8. The lowest BCUT2D eigenvalue weighted by Gasteiger charge is -2.15. The molecule has 3 rings (SSSR count). The van der Waals surface area contributed by atoms with Gasteiger partial charge in [0, 0.05) is 0 Å². The molecule has 0 N–H and O–H groups in total. The van der Waals surface area contributed by atoms with E-state index < -0.39 is 5.97 Å². The summed E-state index contributed by atoms with van der Waals surface area (Å²) in [6.45, 7) is 4.12. The van der Waals surface area contributed by atoms with Crippen molar-refractivity contribution in [2.75, 3.05) is 31.8 Å². The molecule has 7 nitrogen and oxygen atoms in total. The molecule has 10 heteroatoms. The number of anilines is 1. The van der Waals surface area contributed by atoms with Crippen LogP contribution in [-0.2, 0) is 14.3 Å². The summed E-state index contributed by atoms with van der Waals surface area (Å²) in [5.41, 5.74) is 1.27. The Bertz CT molecular complexity index is 1090. The number of hydrogen-bond donors (Lipinski definition) is 0. The molecule has 0 unspecified atom stereocenters. The minimum atomic E-state index is -0.516. The van der Waals surface area contributed by atoms with Gasteiger partial charge in [0.1, 0.15) is 5.75 Å². The standard InChI is InChI=1S/C23H22ClNO6S2/c1-4-29-16-8-6-15(7-9-16)25-22(27)19(33-23(25)32)12-14-10-17(24)21(18(11-14)28-3)31-13-20(26)30-5-2/h6-12H,4-5,13H2,1-3H3/b19-12+. The van der Waals surface area contributed by atoms with Crippen LogP contribution < -0.4 is 19.1 Å². The summed E-state index contributed by atoms with van der Waals surface area (Å²) in [4.78, 5) is 26.5. The van der Waals surface area contributed by atoms with Crippen molar-refractivity contribution >= 4 is 63.5 Å². The van der Waals surface area contributed by atoms with E-state index in [2.05, 4.69) is 0 Å². The number of carbonyl (C=O) groups excluding carboxylic acids is 2. The lowest BCUT2D eigenvalue weighted by molar-refractivity contribution is -0.145. The van der Waals surface area contributed by atoms with Crippen molar-refractivity contribution in [2.45, 2.75) is 13.8 Å². The van der Waals surface area contributed by atoms with E-state index in [1.54, 1.807) is 49.4 Å².